The molecule has 1 aromatic carbocycles. The molecule has 3 nitrogen and oxygen atoms in total. The first-order chi connectivity index (χ1) is 7.36. The van der Waals surface area contributed by atoms with Gasteiger partial charge in [-0.15, -0.1) is 11.8 Å². The first-order valence-electron chi connectivity index (χ1n) is 4.73. The molecule has 0 saturated carbocycles. The Morgan fingerprint density at radius 3 is 3.20 bits per heavy atom. The van der Waals surface area contributed by atoms with Crippen LogP contribution in [0.5, 0.6) is 5.75 Å². The minimum Gasteiger partial charge on any atom is -0.496 e. The Kier molecular flexibility index (Phi) is 3.09. The number of isocyanates is 1. The highest BCUT2D eigenvalue weighted by molar-refractivity contribution is 7.99. The zero-order chi connectivity index (χ0) is 10.7. The molecule has 2 rings (SSSR count). The number of ether oxygens (including phenoxy) is 1. The molecular weight excluding hydrogens is 210 g/mol. The lowest BCUT2D eigenvalue weighted by atomic mass is 10.0. The maximum absolute atomic E-state index is 10.3. The average Bonchev–Trinajstić information content (AvgIpc) is 2.29. The molecule has 15 heavy (non-hydrogen) atoms. The van der Waals surface area contributed by atoms with Crippen LogP contribution < -0.4 is 4.74 Å². The average molecular weight is 221 g/mol. The monoisotopic (exact) mass is 221 g/mol. The van der Waals surface area contributed by atoms with E-state index in [0.717, 1.165) is 28.4 Å². The van der Waals surface area contributed by atoms with E-state index in [1.165, 1.54) is 0 Å². The van der Waals surface area contributed by atoms with Crippen molar-refractivity contribution >= 4 is 17.8 Å². The van der Waals surface area contributed by atoms with Crippen LogP contribution in [0.3, 0.4) is 0 Å². The van der Waals surface area contributed by atoms with Gasteiger partial charge in [0.15, 0.2) is 0 Å². The Morgan fingerprint density at radius 1 is 1.60 bits per heavy atom. The standard InChI is InChI=1S/C11H11NO2S/c1-14-10-4-2-3-8-9(12-7-13)5-6-15-11(8)10/h2-4,9H,5-6H2,1H3. The van der Waals surface area contributed by atoms with E-state index in [2.05, 4.69) is 4.99 Å². The molecule has 4 heteroatoms. The highest BCUT2D eigenvalue weighted by Gasteiger charge is 2.22. The van der Waals surface area contributed by atoms with E-state index >= 15 is 0 Å². The topological polar surface area (TPSA) is 38.7 Å². The fourth-order valence-corrected chi connectivity index (χ4v) is 2.95. The van der Waals surface area contributed by atoms with Crippen LogP contribution >= 0.6 is 11.8 Å². The van der Waals surface area contributed by atoms with Gasteiger partial charge in [0.25, 0.3) is 0 Å². The van der Waals surface area contributed by atoms with Gasteiger partial charge in [-0.2, -0.15) is 4.99 Å². The number of aliphatic imine (C=N–C) groups is 1. The molecule has 78 valence electrons. The minimum absolute atomic E-state index is 0.0474. The summed E-state index contributed by atoms with van der Waals surface area (Å²) < 4.78 is 5.28. The van der Waals surface area contributed by atoms with Crippen LogP contribution in [0.2, 0.25) is 0 Å². The second-order valence-electron chi connectivity index (χ2n) is 3.25. The lowest BCUT2D eigenvalue weighted by Gasteiger charge is -2.22. The fourth-order valence-electron chi connectivity index (χ4n) is 1.74. The molecule has 1 aromatic rings. The highest BCUT2D eigenvalue weighted by atomic mass is 32.2. The summed E-state index contributed by atoms with van der Waals surface area (Å²) in [5.41, 5.74) is 1.08. The predicted octanol–water partition coefficient (Wildman–Crippen LogP) is 2.57. The molecule has 0 saturated heterocycles. The molecular formula is C11H11NO2S. The number of benzene rings is 1. The molecule has 1 heterocycles. The van der Waals surface area contributed by atoms with Crippen molar-refractivity contribution in [2.24, 2.45) is 4.99 Å². The Balaban J connectivity index is 2.48. The van der Waals surface area contributed by atoms with E-state index in [9.17, 15) is 4.79 Å². The largest absolute Gasteiger partial charge is 0.496 e. The van der Waals surface area contributed by atoms with Gasteiger partial charge in [0.05, 0.1) is 18.0 Å². The van der Waals surface area contributed by atoms with E-state index in [1.54, 1.807) is 25.0 Å². The molecule has 1 atom stereocenters. The van der Waals surface area contributed by atoms with Crippen molar-refractivity contribution < 1.29 is 9.53 Å². The third kappa shape index (κ3) is 1.91. The molecule has 0 bridgehead atoms. The van der Waals surface area contributed by atoms with Crippen molar-refractivity contribution in [1.29, 1.82) is 0 Å². The number of rotatable bonds is 2. The molecule has 0 radical (unpaired) electrons. The predicted molar refractivity (Wildman–Crippen MR) is 59.2 cm³/mol. The summed E-state index contributed by atoms with van der Waals surface area (Å²) in [6.45, 7) is 0. The summed E-state index contributed by atoms with van der Waals surface area (Å²) in [7, 11) is 1.66. The van der Waals surface area contributed by atoms with Crippen LogP contribution in [-0.2, 0) is 4.79 Å². The Labute approximate surface area is 92.5 Å². The van der Waals surface area contributed by atoms with Crippen LogP contribution in [0, 0.1) is 0 Å². The maximum atomic E-state index is 10.3. The zero-order valence-electron chi connectivity index (χ0n) is 8.40. The van der Waals surface area contributed by atoms with Gasteiger partial charge in [-0.05, 0) is 18.1 Å². The molecule has 1 unspecified atom stereocenters. The summed E-state index contributed by atoms with van der Waals surface area (Å²) in [5, 5.41) is 0. The Bertz CT molecular complexity index is 413. The third-order valence-electron chi connectivity index (χ3n) is 2.43. The number of methoxy groups -OCH3 is 1. The summed E-state index contributed by atoms with van der Waals surface area (Å²) >= 11 is 1.75. The summed E-state index contributed by atoms with van der Waals surface area (Å²) in [6.07, 6.45) is 2.53. The number of hydrogen-bond donors (Lipinski definition) is 0. The molecule has 1 aliphatic rings. The number of thioether (sulfide) groups is 1. The van der Waals surface area contributed by atoms with Crippen LogP contribution in [0.1, 0.15) is 18.0 Å². The maximum Gasteiger partial charge on any atom is 0.235 e. The summed E-state index contributed by atoms with van der Waals surface area (Å²) in [4.78, 5) is 15.2. The van der Waals surface area contributed by atoms with Crippen molar-refractivity contribution in [3.63, 3.8) is 0 Å². The van der Waals surface area contributed by atoms with Crippen molar-refractivity contribution in [2.45, 2.75) is 17.4 Å². The molecule has 0 fully saturated rings. The zero-order valence-corrected chi connectivity index (χ0v) is 9.21. The second kappa shape index (κ2) is 4.51. The first kappa shape index (κ1) is 10.3. The van der Waals surface area contributed by atoms with E-state index in [1.807, 2.05) is 18.2 Å². The highest BCUT2D eigenvalue weighted by Crippen LogP contribution is 2.42. The molecule has 0 amide bonds. The fraction of sp³-hybridized carbons (Fsp3) is 0.364. The first-order valence-corrected chi connectivity index (χ1v) is 5.72. The van der Waals surface area contributed by atoms with Crippen molar-refractivity contribution in [3.8, 4) is 5.75 Å². The lowest BCUT2D eigenvalue weighted by Crippen LogP contribution is -2.06. The van der Waals surface area contributed by atoms with E-state index < -0.39 is 0 Å². The second-order valence-corrected chi connectivity index (χ2v) is 4.36. The van der Waals surface area contributed by atoms with Crippen LogP contribution in [0.25, 0.3) is 0 Å². The van der Waals surface area contributed by atoms with E-state index in [0.29, 0.717) is 0 Å². The number of hydrogen-bond acceptors (Lipinski definition) is 4. The van der Waals surface area contributed by atoms with Crippen LogP contribution in [-0.4, -0.2) is 18.9 Å². The molecule has 0 spiro atoms. The summed E-state index contributed by atoms with van der Waals surface area (Å²) in [6, 6.07) is 5.81. The van der Waals surface area contributed by atoms with Crippen molar-refractivity contribution in [2.75, 3.05) is 12.9 Å². The van der Waals surface area contributed by atoms with Gasteiger partial charge in [0.2, 0.25) is 6.08 Å². The van der Waals surface area contributed by atoms with Crippen LogP contribution in [0.4, 0.5) is 0 Å². The number of nitrogens with zero attached hydrogens (tertiary/aromatic N) is 1. The van der Waals surface area contributed by atoms with E-state index in [-0.39, 0.29) is 6.04 Å². The minimum atomic E-state index is -0.0474. The quantitative estimate of drug-likeness (QED) is 0.569. The van der Waals surface area contributed by atoms with Gasteiger partial charge in [-0.3, -0.25) is 0 Å². The van der Waals surface area contributed by atoms with Crippen LogP contribution in [0.15, 0.2) is 28.1 Å². The number of carbonyl (C=O) groups excluding carboxylic acids is 1. The van der Waals surface area contributed by atoms with Crippen molar-refractivity contribution in [3.05, 3.63) is 23.8 Å². The van der Waals surface area contributed by atoms with Gasteiger partial charge >= 0.3 is 0 Å². The van der Waals surface area contributed by atoms with E-state index in [4.69, 9.17) is 4.74 Å². The Hall–Kier alpha value is -1.25. The smallest absolute Gasteiger partial charge is 0.235 e. The molecule has 0 N–H and O–H groups in total. The van der Waals surface area contributed by atoms with Gasteiger partial charge in [0, 0.05) is 5.75 Å². The van der Waals surface area contributed by atoms with Gasteiger partial charge in [-0.25, -0.2) is 4.79 Å². The third-order valence-corrected chi connectivity index (χ3v) is 3.60. The Morgan fingerprint density at radius 2 is 2.47 bits per heavy atom. The molecule has 1 aliphatic heterocycles. The summed E-state index contributed by atoms with van der Waals surface area (Å²) in [5.74, 6) is 1.83. The lowest BCUT2D eigenvalue weighted by molar-refractivity contribution is 0.402. The van der Waals surface area contributed by atoms with Gasteiger partial charge in [0.1, 0.15) is 5.75 Å². The van der Waals surface area contributed by atoms with Gasteiger partial charge < -0.3 is 4.74 Å². The normalized spacial score (nSPS) is 18.9. The molecule has 0 aliphatic carbocycles. The van der Waals surface area contributed by atoms with Gasteiger partial charge in [-0.1, -0.05) is 12.1 Å². The molecule has 0 aromatic heterocycles. The van der Waals surface area contributed by atoms with Crippen molar-refractivity contribution in [1.82, 2.24) is 0 Å². The SMILES string of the molecule is COc1cccc2c1SCCC2N=C=O. The number of fused-ring (bicyclic) bond motifs is 1.